The van der Waals surface area contributed by atoms with Crippen LogP contribution in [0.25, 0.3) is 0 Å². The van der Waals surface area contributed by atoms with Crippen LogP contribution >= 0.6 is 23.6 Å². The third-order valence-corrected chi connectivity index (χ3v) is 4.10. The Morgan fingerprint density at radius 2 is 1.95 bits per heavy atom. The van der Waals surface area contributed by atoms with Crippen molar-refractivity contribution in [2.75, 3.05) is 10.6 Å². The predicted octanol–water partition coefficient (Wildman–Crippen LogP) is 2.95. The van der Waals surface area contributed by atoms with Crippen LogP contribution in [0.5, 0.6) is 0 Å². The van der Waals surface area contributed by atoms with Crippen molar-refractivity contribution in [2.24, 2.45) is 0 Å². The number of rotatable bonds is 4. The van der Waals surface area contributed by atoms with Crippen molar-refractivity contribution in [3.63, 3.8) is 0 Å². The average molecular weight is 336 g/mol. The standard InChI is InChI=1S/C14H16N4O2S2/c1-8-6-12(15-9(2)19)5-4-11(8)7-18-14(21)22-13(17-18)16-10(3)20/h4-6H,7H2,1-3H3,(H,15,19)(H,16,17,20). The number of carbonyl (C=O) groups excluding carboxylic acids is 2. The number of hydrogen-bond acceptors (Lipinski definition) is 5. The third kappa shape index (κ3) is 4.22. The average Bonchev–Trinajstić information content (AvgIpc) is 2.71. The minimum absolute atomic E-state index is 0.103. The zero-order valence-corrected chi connectivity index (χ0v) is 14.1. The van der Waals surface area contributed by atoms with Gasteiger partial charge in [-0.25, -0.2) is 4.68 Å². The Morgan fingerprint density at radius 3 is 2.55 bits per heavy atom. The fourth-order valence-electron chi connectivity index (χ4n) is 1.92. The van der Waals surface area contributed by atoms with Gasteiger partial charge in [-0.1, -0.05) is 17.4 Å². The van der Waals surface area contributed by atoms with Crippen LogP contribution in [0, 0.1) is 10.9 Å². The predicted molar refractivity (Wildman–Crippen MR) is 89.8 cm³/mol. The number of amides is 2. The van der Waals surface area contributed by atoms with E-state index in [2.05, 4.69) is 15.7 Å². The molecule has 0 bridgehead atoms. The molecule has 0 aliphatic carbocycles. The van der Waals surface area contributed by atoms with E-state index in [9.17, 15) is 9.59 Å². The monoisotopic (exact) mass is 336 g/mol. The summed E-state index contributed by atoms with van der Waals surface area (Å²) in [5.41, 5.74) is 2.83. The number of hydrogen-bond donors (Lipinski definition) is 2. The largest absolute Gasteiger partial charge is 0.326 e. The van der Waals surface area contributed by atoms with Gasteiger partial charge in [0.2, 0.25) is 16.9 Å². The number of aromatic nitrogens is 2. The Hall–Kier alpha value is -2.06. The number of nitrogens with zero attached hydrogens (tertiary/aromatic N) is 2. The molecule has 1 aromatic carbocycles. The zero-order chi connectivity index (χ0) is 16.3. The lowest BCUT2D eigenvalue weighted by molar-refractivity contribution is -0.115. The summed E-state index contributed by atoms with van der Waals surface area (Å²) in [5, 5.41) is 10.2. The Bertz CT molecular complexity index is 779. The Labute approximate surface area is 137 Å². The van der Waals surface area contributed by atoms with Gasteiger partial charge in [0.15, 0.2) is 3.95 Å². The van der Waals surface area contributed by atoms with Gasteiger partial charge in [-0.05, 0) is 42.4 Å². The SMILES string of the molecule is CC(=O)Nc1ccc(Cn2nc(NC(C)=O)sc2=S)c(C)c1. The van der Waals surface area contributed by atoms with Crippen LogP contribution in [-0.2, 0) is 16.1 Å². The molecule has 0 radical (unpaired) electrons. The van der Waals surface area contributed by atoms with E-state index in [4.69, 9.17) is 12.2 Å². The first kappa shape index (κ1) is 16.3. The van der Waals surface area contributed by atoms with Crippen LogP contribution < -0.4 is 10.6 Å². The van der Waals surface area contributed by atoms with Crippen LogP contribution in [0.15, 0.2) is 18.2 Å². The van der Waals surface area contributed by atoms with Gasteiger partial charge in [0.25, 0.3) is 0 Å². The van der Waals surface area contributed by atoms with E-state index in [1.54, 1.807) is 4.68 Å². The number of carbonyl (C=O) groups is 2. The molecule has 2 amide bonds. The van der Waals surface area contributed by atoms with Crippen molar-refractivity contribution < 1.29 is 9.59 Å². The van der Waals surface area contributed by atoms with E-state index in [1.807, 2.05) is 25.1 Å². The minimum atomic E-state index is -0.174. The van der Waals surface area contributed by atoms with Crippen LogP contribution in [0.4, 0.5) is 10.8 Å². The molecule has 22 heavy (non-hydrogen) atoms. The molecule has 0 atom stereocenters. The fourth-order valence-corrected chi connectivity index (χ4v) is 2.98. The molecule has 1 heterocycles. The summed E-state index contributed by atoms with van der Waals surface area (Å²) >= 11 is 6.52. The van der Waals surface area contributed by atoms with Gasteiger partial charge in [-0.3, -0.25) is 9.59 Å². The van der Waals surface area contributed by atoms with Gasteiger partial charge in [0.05, 0.1) is 6.54 Å². The zero-order valence-electron chi connectivity index (χ0n) is 12.5. The Balaban J connectivity index is 2.20. The number of aryl methyl sites for hydroxylation is 1. The van der Waals surface area contributed by atoms with E-state index in [1.165, 1.54) is 25.2 Å². The maximum atomic E-state index is 11.1. The third-order valence-electron chi connectivity index (χ3n) is 2.87. The molecule has 8 heteroatoms. The Morgan fingerprint density at radius 1 is 1.27 bits per heavy atom. The summed E-state index contributed by atoms with van der Waals surface area (Å²) in [6, 6.07) is 5.68. The van der Waals surface area contributed by atoms with Crippen molar-refractivity contribution in [2.45, 2.75) is 27.3 Å². The van der Waals surface area contributed by atoms with Gasteiger partial charge in [-0.2, -0.15) is 0 Å². The van der Waals surface area contributed by atoms with Gasteiger partial charge in [0.1, 0.15) is 0 Å². The normalized spacial score (nSPS) is 10.3. The lowest BCUT2D eigenvalue weighted by atomic mass is 10.1. The maximum absolute atomic E-state index is 11.1. The highest BCUT2D eigenvalue weighted by Crippen LogP contribution is 2.19. The summed E-state index contributed by atoms with van der Waals surface area (Å²) in [6.45, 7) is 5.38. The van der Waals surface area contributed by atoms with Crippen molar-refractivity contribution in [1.82, 2.24) is 9.78 Å². The summed E-state index contributed by atoms with van der Waals surface area (Å²) in [6.07, 6.45) is 0. The van der Waals surface area contributed by atoms with Gasteiger partial charge >= 0.3 is 0 Å². The van der Waals surface area contributed by atoms with Gasteiger partial charge in [0, 0.05) is 19.5 Å². The fraction of sp³-hybridized carbons (Fsp3) is 0.286. The molecule has 2 rings (SSSR count). The molecule has 1 aromatic heterocycles. The lowest BCUT2D eigenvalue weighted by Gasteiger charge is -2.09. The molecule has 0 fully saturated rings. The molecule has 2 aromatic rings. The first-order valence-electron chi connectivity index (χ1n) is 6.58. The quantitative estimate of drug-likeness (QED) is 0.842. The Kier molecular flexibility index (Phi) is 5.04. The smallest absolute Gasteiger partial charge is 0.223 e. The van der Waals surface area contributed by atoms with Crippen molar-refractivity contribution in [1.29, 1.82) is 0 Å². The van der Waals surface area contributed by atoms with Crippen LogP contribution in [0.3, 0.4) is 0 Å². The summed E-state index contributed by atoms with van der Waals surface area (Å²) in [5.74, 6) is -0.277. The second-order valence-electron chi connectivity index (χ2n) is 4.83. The first-order chi connectivity index (χ1) is 10.3. The molecular weight excluding hydrogens is 320 g/mol. The number of anilines is 2. The summed E-state index contributed by atoms with van der Waals surface area (Å²) in [7, 11) is 0. The number of benzene rings is 1. The highest BCUT2D eigenvalue weighted by atomic mass is 32.1. The topological polar surface area (TPSA) is 76.0 Å². The molecule has 0 aliphatic rings. The molecular formula is C14H16N4O2S2. The van der Waals surface area contributed by atoms with Crippen molar-refractivity contribution >= 4 is 46.2 Å². The second kappa shape index (κ2) is 6.80. The molecule has 116 valence electrons. The molecule has 0 unspecified atom stereocenters. The molecule has 0 saturated heterocycles. The van der Waals surface area contributed by atoms with Crippen molar-refractivity contribution in [3.8, 4) is 0 Å². The van der Waals surface area contributed by atoms with Crippen molar-refractivity contribution in [3.05, 3.63) is 33.3 Å². The van der Waals surface area contributed by atoms with Crippen LogP contribution in [0.2, 0.25) is 0 Å². The molecule has 0 aliphatic heterocycles. The molecule has 2 N–H and O–H groups in total. The lowest BCUT2D eigenvalue weighted by Crippen LogP contribution is -2.09. The summed E-state index contributed by atoms with van der Waals surface area (Å²) < 4.78 is 2.26. The number of nitrogens with one attached hydrogen (secondary N) is 2. The van der Waals surface area contributed by atoms with Crippen LogP contribution in [-0.4, -0.2) is 21.6 Å². The van der Waals surface area contributed by atoms with E-state index < -0.39 is 0 Å². The van der Waals surface area contributed by atoms with E-state index in [0.29, 0.717) is 15.6 Å². The first-order valence-corrected chi connectivity index (χ1v) is 7.80. The highest BCUT2D eigenvalue weighted by Gasteiger charge is 2.08. The van der Waals surface area contributed by atoms with E-state index in [-0.39, 0.29) is 11.8 Å². The van der Waals surface area contributed by atoms with E-state index in [0.717, 1.165) is 16.8 Å². The molecule has 0 saturated carbocycles. The van der Waals surface area contributed by atoms with Crippen LogP contribution in [0.1, 0.15) is 25.0 Å². The van der Waals surface area contributed by atoms with Gasteiger partial charge < -0.3 is 10.6 Å². The second-order valence-corrected chi connectivity index (χ2v) is 6.46. The van der Waals surface area contributed by atoms with E-state index >= 15 is 0 Å². The minimum Gasteiger partial charge on any atom is -0.326 e. The molecule has 0 spiro atoms. The highest BCUT2D eigenvalue weighted by molar-refractivity contribution is 7.73. The maximum Gasteiger partial charge on any atom is 0.223 e. The summed E-state index contributed by atoms with van der Waals surface area (Å²) in [4.78, 5) is 22.1. The molecule has 6 nitrogen and oxygen atoms in total. The van der Waals surface area contributed by atoms with Gasteiger partial charge in [-0.15, -0.1) is 5.10 Å².